The van der Waals surface area contributed by atoms with Crippen molar-refractivity contribution in [3.8, 4) is 0 Å². The zero-order valence-corrected chi connectivity index (χ0v) is 17.8. The second kappa shape index (κ2) is 8.83. The Hall–Kier alpha value is -2.67. The molecule has 0 aliphatic carbocycles. The second-order valence-corrected chi connectivity index (χ2v) is 9.00. The largest absolute Gasteiger partial charge is 0.416 e. The number of hydrogen-bond acceptors (Lipinski definition) is 3. The lowest BCUT2D eigenvalue weighted by atomic mass is 9.85. The number of rotatable bonds is 5. The predicted molar refractivity (Wildman–Crippen MR) is 113 cm³/mol. The third-order valence-electron chi connectivity index (χ3n) is 5.57. The van der Waals surface area contributed by atoms with Crippen LogP contribution in [0.4, 0.5) is 13.2 Å². The van der Waals surface area contributed by atoms with Gasteiger partial charge in [0, 0.05) is 24.6 Å². The number of hydrogen-bond donors (Lipinski definition) is 2. The first kappa shape index (κ1) is 23.0. The lowest BCUT2D eigenvalue weighted by Gasteiger charge is -2.19. The monoisotopic (exact) mass is 432 g/mol. The van der Waals surface area contributed by atoms with Crippen molar-refractivity contribution in [1.82, 2.24) is 10.6 Å². The minimum atomic E-state index is -4.42. The first-order valence-corrected chi connectivity index (χ1v) is 10.3. The molecule has 3 rings (SSSR count). The maximum Gasteiger partial charge on any atom is 0.416 e. The lowest BCUT2D eigenvalue weighted by Crippen LogP contribution is -2.40. The van der Waals surface area contributed by atoms with Gasteiger partial charge in [-0.3, -0.25) is 9.59 Å². The van der Waals surface area contributed by atoms with Crippen LogP contribution in [-0.4, -0.2) is 24.3 Å². The molecule has 1 saturated heterocycles. The van der Waals surface area contributed by atoms with Crippen molar-refractivity contribution in [2.75, 3.05) is 6.54 Å². The van der Waals surface area contributed by atoms with Crippen LogP contribution in [0.15, 0.2) is 48.5 Å². The van der Waals surface area contributed by atoms with Gasteiger partial charge in [0.05, 0.1) is 11.6 Å². The molecular weight excluding hydrogens is 405 g/mol. The van der Waals surface area contributed by atoms with E-state index < -0.39 is 17.8 Å². The summed E-state index contributed by atoms with van der Waals surface area (Å²) in [6, 6.07) is 11.9. The van der Waals surface area contributed by atoms with Gasteiger partial charge in [0.2, 0.25) is 5.91 Å². The van der Waals surface area contributed by atoms with Crippen molar-refractivity contribution in [3.05, 3.63) is 70.8 Å². The fourth-order valence-corrected chi connectivity index (χ4v) is 3.68. The summed E-state index contributed by atoms with van der Waals surface area (Å²) in [6.45, 7) is 6.70. The summed E-state index contributed by atoms with van der Waals surface area (Å²) < 4.78 is 38.5. The molecule has 7 heteroatoms. The number of nitrogens with one attached hydrogen (secondary N) is 2. The van der Waals surface area contributed by atoms with Crippen LogP contribution in [0.5, 0.6) is 0 Å². The summed E-state index contributed by atoms with van der Waals surface area (Å²) in [5, 5.41) is 5.71. The number of amides is 1. The van der Waals surface area contributed by atoms with Crippen LogP contribution in [0.2, 0.25) is 0 Å². The minimum Gasteiger partial charge on any atom is -0.351 e. The zero-order valence-electron chi connectivity index (χ0n) is 17.8. The molecule has 2 atom stereocenters. The molecule has 0 bridgehead atoms. The number of carbonyl (C=O) groups is 2. The molecule has 0 aromatic heterocycles. The first-order chi connectivity index (χ1) is 14.4. The summed E-state index contributed by atoms with van der Waals surface area (Å²) >= 11 is 0. The maximum absolute atomic E-state index is 12.8. The summed E-state index contributed by atoms with van der Waals surface area (Å²) in [6.07, 6.45) is -4.07. The number of halogens is 3. The van der Waals surface area contributed by atoms with Gasteiger partial charge in [-0.2, -0.15) is 13.2 Å². The van der Waals surface area contributed by atoms with Gasteiger partial charge in [-0.15, -0.1) is 0 Å². The number of benzene rings is 2. The molecule has 166 valence electrons. The molecular formula is C24H27F3N2O2. The molecule has 31 heavy (non-hydrogen) atoms. The van der Waals surface area contributed by atoms with Gasteiger partial charge in [-0.1, -0.05) is 57.2 Å². The smallest absolute Gasteiger partial charge is 0.351 e. The molecule has 2 aromatic carbocycles. The molecule has 0 radical (unpaired) electrons. The number of alkyl halides is 3. The van der Waals surface area contributed by atoms with Crippen LogP contribution < -0.4 is 10.6 Å². The van der Waals surface area contributed by atoms with Gasteiger partial charge in [0.15, 0.2) is 5.78 Å². The average molecular weight is 432 g/mol. The minimum absolute atomic E-state index is 0.000702. The third-order valence-corrected chi connectivity index (χ3v) is 5.57. The Morgan fingerprint density at radius 2 is 1.71 bits per heavy atom. The van der Waals surface area contributed by atoms with E-state index in [2.05, 4.69) is 31.4 Å². The van der Waals surface area contributed by atoms with Crippen molar-refractivity contribution < 1.29 is 22.8 Å². The van der Waals surface area contributed by atoms with Crippen LogP contribution in [0.25, 0.3) is 0 Å². The van der Waals surface area contributed by atoms with E-state index in [0.29, 0.717) is 24.1 Å². The second-order valence-electron chi connectivity index (χ2n) is 9.00. The normalized spacial score (nSPS) is 19.3. The van der Waals surface area contributed by atoms with E-state index in [1.807, 2.05) is 24.3 Å². The molecule has 2 aromatic rings. The Balaban J connectivity index is 1.55. The van der Waals surface area contributed by atoms with Crippen LogP contribution in [0.1, 0.15) is 54.2 Å². The van der Waals surface area contributed by atoms with Crippen LogP contribution in [-0.2, 0) is 22.9 Å². The van der Waals surface area contributed by atoms with Gasteiger partial charge in [0.1, 0.15) is 0 Å². The van der Waals surface area contributed by atoms with E-state index >= 15 is 0 Å². The van der Waals surface area contributed by atoms with E-state index in [0.717, 1.165) is 17.7 Å². The van der Waals surface area contributed by atoms with Crippen molar-refractivity contribution in [2.24, 2.45) is 5.92 Å². The van der Waals surface area contributed by atoms with Crippen molar-refractivity contribution in [1.29, 1.82) is 0 Å². The molecule has 2 N–H and O–H groups in total. The highest BCUT2D eigenvalue weighted by Gasteiger charge is 2.34. The van der Waals surface area contributed by atoms with Crippen molar-refractivity contribution in [3.63, 3.8) is 0 Å². The zero-order chi connectivity index (χ0) is 22.8. The molecule has 1 aliphatic heterocycles. The third kappa shape index (κ3) is 5.73. The Morgan fingerprint density at radius 1 is 1.03 bits per heavy atom. The fraction of sp³-hybridized carbons (Fsp3) is 0.417. The predicted octanol–water partition coefficient (Wildman–Crippen LogP) is 4.48. The van der Waals surface area contributed by atoms with E-state index in [1.54, 1.807) is 0 Å². The average Bonchev–Trinajstić information content (AvgIpc) is 3.21. The quantitative estimate of drug-likeness (QED) is 0.685. The van der Waals surface area contributed by atoms with Crippen LogP contribution in [0, 0.1) is 5.92 Å². The summed E-state index contributed by atoms with van der Waals surface area (Å²) in [7, 11) is 0. The first-order valence-electron chi connectivity index (χ1n) is 10.3. The molecule has 1 fully saturated rings. The molecule has 2 unspecified atom stereocenters. The summed E-state index contributed by atoms with van der Waals surface area (Å²) in [5.74, 6) is -0.651. The lowest BCUT2D eigenvalue weighted by molar-refractivity contribution is -0.137. The Morgan fingerprint density at radius 3 is 2.32 bits per heavy atom. The van der Waals surface area contributed by atoms with E-state index in [-0.39, 0.29) is 29.6 Å². The van der Waals surface area contributed by atoms with E-state index in [1.165, 1.54) is 12.1 Å². The summed E-state index contributed by atoms with van der Waals surface area (Å²) in [4.78, 5) is 25.3. The topological polar surface area (TPSA) is 58.2 Å². The van der Waals surface area contributed by atoms with Gasteiger partial charge in [-0.05, 0) is 35.1 Å². The van der Waals surface area contributed by atoms with Gasteiger partial charge in [0.25, 0.3) is 0 Å². The number of carbonyl (C=O) groups excluding carboxylic acids is 2. The molecule has 0 spiro atoms. The molecule has 1 amide bonds. The Bertz CT molecular complexity index is 947. The Kier molecular flexibility index (Phi) is 6.55. The summed E-state index contributed by atoms with van der Waals surface area (Å²) in [5.41, 5.74) is 1.37. The highest BCUT2D eigenvalue weighted by atomic mass is 19.4. The Labute approximate surface area is 180 Å². The van der Waals surface area contributed by atoms with Crippen LogP contribution in [0.3, 0.4) is 0 Å². The molecule has 4 nitrogen and oxygen atoms in total. The van der Waals surface area contributed by atoms with Gasteiger partial charge < -0.3 is 10.6 Å². The molecule has 1 aliphatic rings. The van der Waals surface area contributed by atoms with Crippen molar-refractivity contribution >= 4 is 11.7 Å². The standard InChI is InChI=1S/C24H27F3N2O2/c1-23(2,3)18-9-7-16(8-10-18)21(30)17-12-20(28-14-17)22(31)29-13-15-5-4-6-19(11-15)24(25,26)27/h4-11,17,20,28H,12-14H2,1-3H3,(H,29,31). The highest BCUT2D eigenvalue weighted by molar-refractivity contribution is 5.99. The fourth-order valence-electron chi connectivity index (χ4n) is 3.68. The van der Waals surface area contributed by atoms with Gasteiger partial charge >= 0.3 is 6.18 Å². The number of ketones is 1. The van der Waals surface area contributed by atoms with E-state index in [4.69, 9.17) is 0 Å². The van der Waals surface area contributed by atoms with Crippen LogP contribution >= 0.6 is 0 Å². The molecule has 0 saturated carbocycles. The van der Waals surface area contributed by atoms with Crippen molar-refractivity contribution in [2.45, 2.75) is 51.4 Å². The van der Waals surface area contributed by atoms with Gasteiger partial charge in [-0.25, -0.2) is 0 Å². The maximum atomic E-state index is 12.8. The SMILES string of the molecule is CC(C)(C)c1ccc(C(=O)C2CNC(C(=O)NCc3cccc(C(F)(F)F)c3)C2)cc1. The molecule has 1 heterocycles. The number of Topliss-reactive ketones (excluding diaryl/α,β-unsaturated/α-hetero) is 1. The highest BCUT2D eigenvalue weighted by Crippen LogP contribution is 2.29. The van der Waals surface area contributed by atoms with E-state index in [9.17, 15) is 22.8 Å².